The van der Waals surface area contributed by atoms with Gasteiger partial charge >= 0.3 is 0 Å². The van der Waals surface area contributed by atoms with Gasteiger partial charge in [0.05, 0.1) is 12.8 Å². The van der Waals surface area contributed by atoms with Gasteiger partial charge in [-0.3, -0.25) is 14.6 Å². The largest absolute Gasteiger partial charge is 0.394 e. The van der Waals surface area contributed by atoms with E-state index in [4.69, 9.17) is 10.6 Å². The van der Waals surface area contributed by atoms with Crippen molar-refractivity contribution in [3.8, 4) is 0 Å². The summed E-state index contributed by atoms with van der Waals surface area (Å²) in [6.07, 6.45) is 2.60. The van der Waals surface area contributed by atoms with Crippen LogP contribution in [0.25, 0.3) is 0 Å². The fourth-order valence-corrected chi connectivity index (χ4v) is 1.30. The highest BCUT2D eigenvalue weighted by atomic mass is 16.7. The molecule has 0 saturated heterocycles. The monoisotopic (exact) mass is 242 g/mol. The number of nitrogens with one attached hydrogen (secondary N) is 1. The minimum absolute atomic E-state index is 0. The second kappa shape index (κ2) is 7.81. The number of hydrogen-bond acceptors (Lipinski definition) is 5. The van der Waals surface area contributed by atoms with Gasteiger partial charge in [0.1, 0.15) is 5.70 Å². The average molecular weight is 242 g/mol. The number of rotatable bonds is 3. The molecule has 0 spiro atoms. The summed E-state index contributed by atoms with van der Waals surface area (Å²) < 4.78 is 0. The van der Waals surface area contributed by atoms with Crippen molar-refractivity contribution in [1.82, 2.24) is 10.4 Å². The van der Waals surface area contributed by atoms with Gasteiger partial charge < -0.3 is 11.1 Å². The lowest BCUT2D eigenvalue weighted by Crippen LogP contribution is -2.31. The first-order chi connectivity index (χ1) is 7.65. The molecule has 0 saturated carbocycles. The van der Waals surface area contributed by atoms with Crippen molar-refractivity contribution in [1.29, 1.82) is 0 Å². The Labute approximate surface area is 102 Å². The number of hydrogen-bond donors (Lipinski definition) is 2. The first kappa shape index (κ1) is 15.6. The van der Waals surface area contributed by atoms with Crippen LogP contribution in [-0.4, -0.2) is 50.5 Å². The van der Waals surface area contributed by atoms with Crippen molar-refractivity contribution < 1.29 is 9.63 Å². The summed E-state index contributed by atoms with van der Waals surface area (Å²) in [4.78, 5) is 20.6. The Balaban J connectivity index is 0.00000256. The van der Waals surface area contributed by atoms with E-state index in [1.165, 1.54) is 14.2 Å². The summed E-state index contributed by atoms with van der Waals surface area (Å²) >= 11 is 0. The third-order valence-electron chi connectivity index (χ3n) is 2.26. The van der Waals surface area contributed by atoms with Crippen LogP contribution < -0.4 is 11.1 Å². The second-order valence-electron chi connectivity index (χ2n) is 3.49. The molecule has 0 aromatic rings. The summed E-state index contributed by atoms with van der Waals surface area (Å²) in [6, 6.07) is 0. The molecule has 17 heavy (non-hydrogen) atoms. The lowest BCUT2D eigenvalue weighted by molar-refractivity contribution is -0.164. The Morgan fingerprint density at radius 1 is 1.65 bits per heavy atom. The Bertz CT molecular complexity index is 313. The topological polar surface area (TPSA) is 80.0 Å². The molecular weight excluding hydrogens is 220 g/mol. The molecule has 1 amide bonds. The number of likely N-dealkylation sites (N-methyl/N-ethyl adjacent to an activating group) is 1. The van der Waals surface area contributed by atoms with Crippen LogP contribution >= 0.6 is 0 Å². The van der Waals surface area contributed by atoms with Crippen LogP contribution in [0.1, 0.15) is 13.8 Å². The second-order valence-corrected chi connectivity index (χ2v) is 3.49. The zero-order chi connectivity index (χ0) is 12.0. The summed E-state index contributed by atoms with van der Waals surface area (Å²) in [6.45, 7) is 2.35. The normalized spacial score (nSPS) is 16.6. The summed E-state index contributed by atoms with van der Waals surface area (Å²) in [7, 11) is 2.92. The molecule has 6 heteroatoms. The third-order valence-corrected chi connectivity index (χ3v) is 2.26. The Morgan fingerprint density at radius 2 is 2.35 bits per heavy atom. The molecule has 1 rings (SSSR count). The maximum atomic E-state index is 11.6. The van der Waals surface area contributed by atoms with Gasteiger partial charge in [0.2, 0.25) is 0 Å². The zero-order valence-corrected chi connectivity index (χ0v) is 9.69. The van der Waals surface area contributed by atoms with Gasteiger partial charge in [-0.25, -0.2) is 5.06 Å². The Hall–Kier alpha value is -1.40. The van der Waals surface area contributed by atoms with E-state index < -0.39 is 0 Å². The lowest BCUT2D eigenvalue weighted by atomic mass is 10.3. The van der Waals surface area contributed by atoms with E-state index >= 15 is 0 Å². The van der Waals surface area contributed by atoms with Crippen LogP contribution in [0.4, 0.5) is 0 Å². The standard InChI is InChI=1S/C10H18N4O2.CH4/c1-14(16-2)10(15)9(11)6-8-7-12-4-3-5-13-8;/h6,12H,3-5,7,11H2,1-2H3;1H4/b9-6-;. The minimum Gasteiger partial charge on any atom is -0.394 e. The van der Waals surface area contributed by atoms with Gasteiger partial charge in [-0.2, -0.15) is 0 Å². The first-order valence-electron chi connectivity index (χ1n) is 5.18. The maximum absolute atomic E-state index is 11.6. The molecule has 0 fully saturated rings. The van der Waals surface area contributed by atoms with Crippen molar-refractivity contribution in [3.05, 3.63) is 11.8 Å². The van der Waals surface area contributed by atoms with Crippen molar-refractivity contribution >= 4 is 11.6 Å². The Morgan fingerprint density at radius 3 is 3.00 bits per heavy atom. The van der Waals surface area contributed by atoms with Gasteiger partial charge in [0.25, 0.3) is 5.91 Å². The Kier molecular flexibility index (Phi) is 7.16. The molecule has 6 nitrogen and oxygen atoms in total. The van der Waals surface area contributed by atoms with Gasteiger partial charge in [-0.05, 0) is 19.0 Å². The van der Waals surface area contributed by atoms with E-state index in [1.807, 2.05) is 0 Å². The number of carbonyl (C=O) groups is 1. The van der Waals surface area contributed by atoms with Gasteiger partial charge in [-0.1, -0.05) is 7.43 Å². The SMILES string of the molecule is C.CON(C)C(=O)/C(N)=C/C1=NCCCNC1. The molecular formula is C11H22N4O2. The van der Waals surface area contributed by atoms with E-state index in [1.54, 1.807) is 6.08 Å². The smallest absolute Gasteiger partial charge is 0.293 e. The highest BCUT2D eigenvalue weighted by Crippen LogP contribution is 1.97. The van der Waals surface area contributed by atoms with Crippen LogP contribution in [0.3, 0.4) is 0 Å². The third kappa shape index (κ3) is 4.97. The molecule has 0 unspecified atom stereocenters. The highest BCUT2D eigenvalue weighted by Gasteiger charge is 2.12. The molecule has 0 aliphatic carbocycles. The number of aliphatic imine (C=N–C) groups is 1. The maximum Gasteiger partial charge on any atom is 0.293 e. The van der Waals surface area contributed by atoms with Gasteiger partial charge in [-0.15, -0.1) is 0 Å². The molecule has 1 heterocycles. The van der Waals surface area contributed by atoms with Crippen LogP contribution in [0.5, 0.6) is 0 Å². The number of hydroxylamine groups is 2. The van der Waals surface area contributed by atoms with Crippen molar-refractivity contribution in [2.24, 2.45) is 10.7 Å². The molecule has 3 N–H and O–H groups in total. The number of nitrogens with zero attached hydrogens (tertiary/aromatic N) is 2. The van der Waals surface area contributed by atoms with Gasteiger partial charge in [0.15, 0.2) is 0 Å². The number of nitrogens with two attached hydrogens (primary N) is 1. The van der Waals surface area contributed by atoms with Crippen LogP contribution in [0.15, 0.2) is 16.8 Å². The predicted octanol–water partition coefficient (Wildman–Crippen LogP) is -0.0808. The predicted molar refractivity (Wildman–Crippen MR) is 68.6 cm³/mol. The van der Waals surface area contributed by atoms with Crippen LogP contribution in [0, 0.1) is 0 Å². The molecule has 0 bridgehead atoms. The zero-order valence-electron chi connectivity index (χ0n) is 9.69. The molecule has 0 atom stereocenters. The first-order valence-corrected chi connectivity index (χ1v) is 5.18. The number of carbonyl (C=O) groups excluding carboxylic acids is 1. The molecule has 98 valence electrons. The molecule has 0 aromatic carbocycles. The van der Waals surface area contributed by atoms with Crippen LogP contribution in [-0.2, 0) is 9.63 Å². The minimum atomic E-state index is -0.366. The average Bonchev–Trinajstić information content (AvgIpc) is 2.55. The summed E-state index contributed by atoms with van der Waals surface area (Å²) in [5, 5.41) is 4.28. The van der Waals surface area contributed by atoms with E-state index in [-0.39, 0.29) is 19.0 Å². The lowest BCUT2D eigenvalue weighted by Gasteiger charge is -2.13. The molecule has 1 aliphatic heterocycles. The van der Waals surface area contributed by atoms with E-state index in [2.05, 4.69) is 10.3 Å². The summed E-state index contributed by atoms with van der Waals surface area (Å²) in [5.41, 5.74) is 6.59. The van der Waals surface area contributed by atoms with Crippen molar-refractivity contribution in [2.75, 3.05) is 33.8 Å². The highest BCUT2D eigenvalue weighted by molar-refractivity contribution is 6.04. The summed E-state index contributed by atoms with van der Waals surface area (Å²) in [5.74, 6) is -0.366. The fraction of sp³-hybridized carbons (Fsp3) is 0.636. The van der Waals surface area contributed by atoms with Crippen molar-refractivity contribution in [3.63, 3.8) is 0 Å². The van der Waals surface area contributed by atoms with E-state index in [9.17, 15) is 4.79 Å². The van der Waals surface area contributed by atoms with E-state index in [0.717, 1.165) is 30.3 Å². The molecule has 0 radical (unpaired) electrons. The molecule has 1 aliphatic rings. The van der Waals surface area contributed by atoms with Crippen molar-refractivity contribution in [2.45, 2.75) is 13.8 Å². The van der Waals surface area contributed by atoms with Crippen LogP contribution in [0.2, 0.25) is 0 Å². The van der Waals surface area contributed by atoms with E-state index in [0.29, 0.717) is 6.54 Å². The van der Waals surface area contributed by atoms with Gasteiger partial charge in [0, 0.05) is 20.1 Å². The molecule has 0 aromatic heterocycles. The quantitative estimate of drug-likeness (QED) is 0.536. The number of amides is 1. The fourth-order valence-electron chi connectivity index (χ4n) is 1.30.